The predicted octanol–water partition coefficient (Wildman–Crippen LogP) is 4.81. The van der Waals surface area contributed by atoms with Crippen LogP contribution in [-0.4, -0.2) is 0 Å². The van der Waals surface area contributed by atoms with Gasteiger partial charge in [0.25, 0.3) is 0 Å². The molecule has 0 aliphatic rings. The van der Waals surface area contributed by atoms with Crippen LogP contribution in [0.3, 0.4) is 0 Å². The fraction of sp³-hybridized carbons (Fsp3) is 0.0769. The third-order valence-electron chi connectivity index (χ3n) is 2.41. The second kappa shape index (κ2) is 5.70. The molecule has 0 bridgehead atoms. The molecule has 0 radical (unpaired) electrons. The van der Waals surface area contributed by atoms with Crippen molar-refractivity contribution in [3.8, 4) is 5.75 Å². The maximum Gasteiger partial charge on any atom is 0.144 e. The molecular weight excluding hydrogens is 293 g/mol. The van der Waals surface area contributed by atoms with E-state index in [4.69, 9.17) is 45.3 Å². The highest BCUT2D eigenvalue weighted by molar-refractivity contribution is 6.36. The Morgan fingerprint density at radius 1 is 1.00 bits per heavy atom. The zero-order chi connectivity index (χ0) is 13.1. The van der Waals surface area contributed by atoms with E-state index in [9.17, 15) is 0 Å². The van der Waals surface area contributed by atoms with E-state index in [1.165, 1.54) is 0 Å². The highest BCUT2D eigenvalue weighted by Crippen LogP contribution is 2.29. The summed E-state index contributed by atoms with van der Waals surface area (Å²) in [7, 11) is 0. The molecule has 94 valence electrons. The Bertz CT molecular complexity index is 552. The minimum Gasteiger partial charge on any atom is -0.487 e. The van der Waals surface area contributed by atoms with Gasteiger partial charge in [0.1, 0.15) is 12.4 Å². The average molecular weight is 303 g/mol. The first-order valence-corrected chi connectivity index (χ1v) is 6.32. The van der Waals surface area contributed by atoms with Crippen molar-refractivity contribution >= 4 is 40.5 Å². The first kappa shape index (κ1) is 13.3. The number of hydrogen-bond donors (Lipinski definition) is 1. The van der Waals surface area contributed by atoms with E-state index in [0.29, 0.717) is 26.5 Å². The molecule has 2 aromatic carbocycles. The van der Waals surface area contributed by atoms with Crippen LogP contribution in [0.15, 0.2) is 36.4 Å². The van der Waals surface area contributed by atoms with E-state index < -0.39 is 0 Å². The molecule has 2 N–H and O–H groups in total. The fourth-order valence-corrected chi connectivity index (χ4v) is 2.12. The summed E-state index contributed by atoms with van der Waals surface area (Å²) < 4.78 is 5.59. The van der Waals surface area contributed by atoms with Gasteiger partial charge in [-0.1, -0.05) is 40.9 Å². The van der Waals surface area contributed by atoms with Gasteiger partial charge in [0.15, 0.2) is 0 Å². The van der Waals surface area contributed by atoms with Crippen molar-refractivity contribution in [3.05, 3.63) is 57.0 Å². The topological polar surface area (TPSA) is 35.2 Å². The van der Waals surface area contributed by atoms with Gasteiger partial charge in [0, 0.05) is 26.7 Å². The molecule has 2 aromatic rings. The Kier molecular flexibility index (Phi) is 4.23. The Morgan fingerprint density at radius 3 is 2.33 bits per heavy atom. The molecule has 0 aliphatic heterocycles. The molecule has 2 rings (SSSR count). The molecular formula is C13H10Cl3NO. The maximum absolute atomic E-state index is 6.05. The third kappa shape index (κ3) is 3.02. The number of hydrogen-bond acceptors (Lipinski definition) is 2. The zero-order valence-electron chi connectivity index (χ0n) is 9.29. The zero-order valence-corrected chi connectivity index (χ0v) is 11.6. The Morgan fingerprint density at radius 2 is 1.67 bits per heavy atom. The SMILES string of the molecule is Nc1ccc(Cl)cc1OCc1c(Cl)cccc1Cl. The van der Waals surface area contributed by atoms with Crippen LogP contribution in [-0.2, 0) is 6.61 Å². The summed E-state index contributed by atoms with van der Waals surface area (Å²) in [6, 6.07) is 10.3. The number of anilines is 1. The maximum atomic E-state index is 6.05. The quantitative estimate of drug-likeness (QED) is 0.826. The summed E-state index contributed by atoms with van der Waals surface area (Å²) in [5, 5.41) is 1.68. The lowest BCUT2D eigenvalue weighted by molar-refractivity contribution is 0.308. The van der Waals surface area contributed by atoms with Crippen LogP contribution in [0.2, 0.25) is 15.1 Å². The van der Waals surface area contributed by atoms with Crippen LogP contribution in [0.4, 0.5) is 5.69 Å². The van der Waals surface area contributed by atoms with E-state index in [2.05, 4.69) is 0 Å². The van der Waals surface area contributed by atoms with Gasteiger partial charge in [-0.3, -0.25) is 0 Å². The largest absolute Gasteiger partial charge is 0.487 e. The Balaban J connectivity index is 2.19. The van der Waals surface area contributed by atoms with Crippen molar-refractivity contribution in [2.45, 2.75) is 6.61 Å². The fourth-order valence-electron chi connectivity index (χ4n) is 1.45. The molecule has 0 spiro atoms. The second-order valence-electron chi connectivity index (χ2n) is 3.67. The minimum atomic E-state index is 0.239. The predicted molar refractivity (Wildman–Crippen MR) is 76.7 cm³/mol. The lowest BCUT2D eigenvalue weighted by atomic mass is 10.2. The van der Waals surface area contributed by atoms with Crippen molar-refractivity contribution < 1.29 is 4.74 Å². The van der Waals surface area contributed by atoms with Crippen LogP contribution >= 0.6 is 34.8 Å². The number of rotatable bonds is 3. The first-order valence-electron chi connectivity index (χ1n) is 5.18. The van der Waals surface area contributed by atoms with Crippen molar-refractivity contribution in [1.29, 1.82) is 0 Å². The summed E-state index contributed by atoms with van der Waals surface area (Å²) >= 11 is 18.0. The number of ether oxygens (including phenoxy) is 1. The minimum absolute atomic E-state index is 0.239. The summed E-state index contributed by atoms with van der Waals surface area (Å²) in [5.41, 5.74) is 7.02. The van der Waals surface area contributed by atoms with Gasteiger partial charge in [-0.15, -0.1) is 0 Å². The van der Waals surface area contributed by atoms with E-state index in [0.717, 1.165) is 5.56 Å². The van der Waals surface area contributed by atoms with Crippen LogP contribution in [0, 0.1) is 0 Å². The summed E-state index contributed by atoms with van der Waals surface area (Å²) in [6.07, 6.45) is 0. The van der Waals surface area contributed by atoms with E-state index >= 15 is 0 Å². The Labute approximate surface area is 120 Å². The van der Waals surface area contributed by atoms with Crippen molar-refractivity contribution in [2.24, 2.45) is 0 Å². The van der Waals surface area contributed by atoms with Crippen LogP contribution < -0.4 is 10.5 Å². The van der Waals surface area contributed by atoms with Gasteiger partial charge >= 0.3 is 0 Å². The highest BCUT2D eigenvalue weighted by Gasteiger charge is 2.08. The molecule has 0 heterocycles. The van der Waals surface area contributed by atoms with Gasteiger partial charge in [0.05, 0.1) is 5.69 Å². The van der Waals surface area contributed by atoms with Crippen molar-refractivity contribution in [1.82, 2.24) is 0 Å². The number of halogens is 3. The van der Waals surface area contributed by atoms with E-state index in [1.807, 2.05) is 0 Å². The molecule has 18 heavy (non-hydrogen) atoms. The lowest BCUT2D eigenvalue weighted by Crippen LogP contribution is -2.00. The van der Waals surface area contributed by atoms with Gasteiger partial charge < -0.3 is 10.5 Å². The highest BCUT2D eigenvalue weighted by atomic mass is 35.5. The van der Waals surface area contributed by atoms with E-state index in [1.54, 1.807) is 36.4 Å². The molecule has 0 saturated heterocycles. The molecule has 0 aliphatic carbocycles. The average Bonchev–Trinajstić information content (AvgIpc) is 2.33. The standard InChI is InChI=1S/C13H10Cl3NO/c14-8-4-5-12(17)13(6-8)18-7-9-10(15)2-1-3-11(9)16/h1-6H,7,17H2. The molecule has 0 saturated carbocycles. The first-order chi connectivity index (χ1) is 8.58. The molecule has 5 heteroatoms. The van der Waals surface area contributed by atoms with Crippen LogP contribution in [0.1, 0.15) is 5.56 Å². The van der Waals surface area contributed by atoms with Gasteiger partial charge in [0.2, 0.25) is 0 Å². The monoisotopic (exact) mass is 301 g/mol. The molecule has 0 amide bonds. The van der Waals surface area contributed by atoms with Crippen LogP contribution in [0.25, 0.3) is 0 Å². The Hall–Kier alpha value is -1.09. The number of benzene rings is 2. The molecule has 0 aromatic heterocycles. The second-order valence-corrected chi connectivity index (χ2v) is 4.92. The van der Waals surface area contributed by atoms with E-state index in [-0.39, 0.29) is 6.61 Å². The van der Waals surface area contributed by atoms with Crippen LogP contribution in [0.5, 0.6) is 5.75 Å². The molecule has 0 unspecified atom stereocenters. The van der Waals surface area contributed by atoms with Crippen molar-refractivity contribution in [2.75, 3.05) is 5.73 Å². The smallest absolute Gasteiger partial charge is 0.144 e. The summed E-state index contributed by atoms with van der Waals surface area (Å²) in [6.45, 7) is 0.239. The van der Waals surface area contributed by atoms with Gasteiger partial charge in [-0.25, -0.2) is 0 Å². The molecule has 0 fully saturated rings. The summed E-state index contributed by atoms with van der Waals surface area (Å²) in [5.74, 6) is 0.512. The molecule has 2 nitrogen and oxygen atoms in total. The molecule has 0 atom stereocenters. The normalized spacial score (nSPS) is 10.4. The third-order valence-corrected chi connectivity index (χ3v) is 3.35. The summed E-state index contributed by atoms with van der Waals surface area (Å²) in [4.78, 5) is 0. The number of nitrogens with two attached hydrogens (primary N) is 1. The number of nitrogen functional groups attached to an aromatic ring is 1. The lowest BCUT2D eigenvalue weighted by Gasteiger charge is -2.11. The van der Waals surface area contributed by atoms with Crippen molar-refractivity contribution in [3.63, 3.8) is 0 Å². The van der Waals surface area contributed by atoms with Gasteiger partial charge in [-0.2, -0.15) is 0 Å². The van der Waals surface area contributed by atoms with Gasteiger partial charge in [-0.05, 0) is 24.3 Å².